The Morgan fingerprint density at radius 2 is 1.94 bits per heavy atom. The Balaban J connectivity index is 1.34. The molecule has 36 heavy (non-hydrogen) atoms. The van der Waals surface area contributed by atoms with Gasteiger partial charge in [0.15, 0.2) is 0 Å². The van der Waals surface area contributed by atoms with E-state index in [1.54, 1.807) is 27.6 Å². The van der Waals surface area contributed by atoms with Crippen LogP contribution in [0.4, 0.5) is 5.69 Å². The van der Waals surface area contributed by atoms with Crippen LogP contribution in [-0.2, 0) is 11.2 Å². The molecule has 0 unspecified atom stereocenters. The standard InChI is InChI=1S/C25H19ClN8O2/c26-17-3-7-22(33-13-29-31-32-33)20(11-17)16-9-19-6-8-23(34(19)24(36)10-16)25-27-12-21(30-25)15-1-4-18(5-2-15)28-14-35/h1-5,7,9-14,23H,6,8H2,(H,27,30)(H,28,35)/t23-/m0/s1. The van der Waals surface area contributed by atoms with Crippen LogP contribution < -0.4 is 10.9 Å². The molecule has 1 aliphatic heterocycles. The molecule has 0 saturated heterocycles. The van der Waals surface area contributed by atoms with Gasteiger partial charge in [-0.1, -0.05) is 23.7 Å². The highest BCUT2D eigenvalue weighted by Crippen LogP contribution is 2.34. The number of aryl methyl sites for hydroxylation is 1. The Hall–Kier alpha value is -4.57. The van der Waals surface area contributed by atoms with Crippen LogP contribution in [0.2, 0.25) is 5.02 Å². The third-order valence-electron chi connectivity index (χ3n) is 6.33. The van der Waals surface area contributed by atoms with Gasteiger partial charge < -0.3 is 14.9 Å². The van der Waals surface area contributed by atoms with Crippen LogP contribution in [-0.4, -0.2) is 41.2 Å². The molecule has 0 radical (unpaired) electrons. The number of H-pyrrole nitrogens is 1. The molecule has 1 amide bonds. The molecule has 0 saturated carbocycles. The highest BCUT2D eigenvalue weighted by atomic mass is 35.5. The number of tetrazole rings is 1. The van der Waals surface area contributed by atoms with Crippen molar-refractivity contribution in [2.24, 2.45) is 0 Å². The molecule has 0 fully saturated rings. The van der Waals surface area contributed by atoms with Gasteiger partial charge in [-0.05, 0) is 70.8 Å². The van der Waals surface area contributed by atoms with Crippen molar-refractivity contribution in [3.63, 3.8) is 0 Å². The normalized spacial score (nSPS) is 14.5. The van der Waals surface area contributed by atoms with Crippen LogP contribution in [0.5, 0.6) is 0 Å². The minimum atomic E-state index is -0.190. The number of fused-ring (bicyclic) bond motifs is 1. The topological polar surface area (TPSA) is 123 Å². The number of benzene rings is 2. The van der Waals surface area contributed by atoms with Crippen LogP contribution in [0.1, 0.15) is 24.0 Å². The van der Waals surface area contributed by atoms with Crippen LogP contribution in [0.15, 0.2) is 71.9 Å². The molecule has 3 aromatic heterocycles. The van der Waals surface area contributed by atoms with E-state index in [4.69, 9.17) is 11.6 Å². The predicted molar refractivity (Wildman–Crippen MR) is 134 cm³/mol. The summed E-state index contributed by atoms with van der Waals surface area (Å²) in [5.74, 6) is 0.728. The largest absolute Gasteiger partial charge is 0.340 e. The van der Waals surface area contributed by atoms with Gasteiger partial charge in [0.1, 0.15) is 12.2 Å². The van der Waals surface area contributed by atoms with Gasteiger partial charge in [-0.15, -0.1) is 5.10 Å². The third kappa shape index (κ3) is 3.87. The highest BCUT2D eigenvalue weighted by Gasteiger charge is 2.28. The molecule has 0 bridgehead atoms. The fraction of sp³-hybridized carbons (Fsp3) is 0.120. The van der Waals surface area contributed by atoms with Crippen molar-refractivity contribution in [2.75, 3.05) is 5.32 Å². The molecule has 6 rings (SSSR count). The second kappa shape index (κ2) is 8.90. The van der Waals surface area contributed by atoms with Crippen LogP contribution in [0.25, 0.3) is 28.1 Å². The lowest BCUT2D eigenvalue weighted by atomic mass is 10.0. The zero-order valence-electron chi connectivity index (χ0n) is 18.8. The smallest absolute Gasteiger partial charge is 0.252 e. The Kier molecular flexibility index (Phi) is 5.42. The number of rotatable bonds is 6. The maximum atomic E-state index is 13.4. The van der Waals surface area contributed by atoms with Crippen LogP contribution >= 0.6 is 11.6 Å². The molecule has 2 N–H and O–H groups in total. The Morgan fingerprint density at radius 1 is 1.08 bits per heavy atom. The number of carbonyl (C=O) groups excluding carboxylic acids is 1. The quantitative estimate of drug-likeness (QED) is 0.344. The van der Waals surface area contributed by atoms with Gasteiger partial charge >= 0.3 is 0 Å². The summed E-state index contributed by atoms with van der Waals surface area (Å²) in [5.41, 5.74) is 5.54. The molecule has 5 aromatic rings. The van der Waals surface area contributed by atoms with Crippen LogP contribution in [0.3, 0.4) is 0 Å². The average Bonchev–Trinajstić information content (AvgIpc) is 3.65. The molecule has 4 heterocycles. The van der Waals surface area contributed by atoms with Crippen molar-refractivity contribution in [3.8, 4) is 28.1 Å². The SMILES string of the molecule is O=CNc1ccc(-c2cnc([C@@H]3CCc4cc(-c5cc(Cl)ccc5-n5cnnn5)cc(=O)n43)[nH]2)cc1. The van der Waals surface area contributed by atoms with E-state index in [-0.39, 0.29) is 11.6 Å². The first-order valence-electron chi connectivity index (χ1n) is 11.2. The van der Waals surface area contributed by atoms with Gasteiger partial charge in [0.25, 0.3) is 5.56 Å². The van der Waals surface area contributed by atoms with Crippen molar-refractivity contribution < 1.29 is 4.79 Å². The summed E-state index contributed by atoms with van der Waals surface area (Å²) in [6, 6.07) is 16.3. The van der Waals surface area contributed by atoms with Crippen molar-refractivity contribution in [2.45, 2.75) is 18.9 Å². The maximum absolute atomic E-state index is 13.4. The molecular weight excluding hydrogens is 480 g/mol. The Bertz CT molecular complexity index is 1620. The molecule has 178 valence electrons. The van der Waals surface area contributed by atoms with Gasteiger partial charge in [0, 0.05) is 28.0 Å². The molecule has 0 aliphatic carbocycles. The van der Waals surface area contributed by atoms with Crippen LogP contribution in [0, 0.1) is 0 Å². The minimum absolute atomic E-state index is 0.116. The number of aromatic amines is 1. The van der Waals surface area contributed by atoms with Crippen molar-refractivity contribution in [3.05, 3.63) is 94.0 Å². The molecule has 1 atom stereocenters. The number of hydrogen-bond acceptors (Lipinski definition) is 6. The second-order valence-electron chi connectivity index (χ2n) is 8.44. The van der Waals surface area contributed by atoms with Gasteiger partial charge in [-0.3, -0.25) is 9.59 Å². The zero-order chi connectivity index (χ0) is 24.6. The molecule has 11 heteroatoms. The zero-order valence-corrected chi connectivity index (χ0v) is 19.6. The van der Waals surface area contributed by atoms with Gasteiger partial charge in [-0.2, -0.15) is 4.68 Å². The summed E-state index contributed by atoms with van der Waals surface area (Å²) in [4.78, 5) is 31.9. The van der Waals surface area contributed by atoms with Gasteiger partial charge in [0.05, 0.1) is 23.6 Å². The Labute approximate surface area is 209 Å². The fourth-order valence-corrected chi connectivity index (χ4v) is 4.86. The first kappa shape index (κ1) is 21.9. The number of imidazole rings is 1. The minimum Gasteiger partial charge on any atom is -0.340 e. The molecular formula is C25H19ClN8O2. The number of carbonyl (C=O) groups is 1. The summed E-state index contributed by atoms with van der Waals surface area (Å²) in [6.07, 6.45) is 5.39. The van der Waals surface area contributed by atoms with E-state index in [2.05, 4.69) is 30.8 Å². The number of halogens is 1. The number of hydrogen-bond donors (Lipinski definition) is 2. The summed E-state index contributed by atoms with van der Waals surface area (Å²) < 4.78 is 3.34. The molecule has 0 spiro atoms. The van der Waals surface area contributed by atoms with E-state index in [9.17, 15) is 9.59 Å². The fourth-order valence-electron chi connectivity index (χ4n) is 4.69. The monoisotopic (exact) mass is 498 g/mol. The predicted octanol–water partition coefficient (Wildman–Crippen LogP) is 3.64. The lowest BCUT2D eigenvalue weighted by Gasteiger charge is -2.15. The lowest BCUT2D eigenvalue weighted by Crippen LogP contribution is -2.23. The average molecular weight is 499 g/mol. The van der Waals surface area contributed by atoms with Crippen molar-refractivity contribution >= 4 is 23.7 Å². The first-order chi connectivity index (χ1) is 17.6. The summed E-state index contributed by atoms with van der Waals surface area (Å²) in [5, 5.41) is 14.6. The number of anilines is 1. The molecule has 2 aromatic carbocycles. The summed E-state index contributed by atoms with van der Waals surface area (Å²) >= 11 is 6.29. The van der Waals surface area contributed by atoms with Crippen molar-refractivity contribution in [1.29, 1.82) is 0 Å². The maximum Gasteiger partial charge on any atom is 0.252 e. The van der Waals surface area contributed by atoms with E-state index in [1.165, 1.54) is 6.33 Å². The molecule has 1 aliphatic rings. The number of aromatic nitrogens is 7. The first-order valence-corrected chi connectivity index (χ1v) is 11.6. The van der Waals surface area contributed by atoms with E-state index in [0.717, 1.165) is 52.4 Å². The third-order valence-corrected chi connectivity index (χ3v) is 6.57. The molecule has 10 nitrogen and oxygen atoms in total. The number of nitrogens with zero attached hydrogens (tertiary/aromatic N) is 6. The Morgan fingerprint density at radius 3 is 2.72 bits per heavy atom. The summed E-state index contributed by atoms with van der Waals surface area (Å²) in [7, 11) is 0. The van der Waals surface area contributed by atoms with Gasteiger partial charge in [0.2, 0.25) is 6.41 Å². The van der Waals surface area contributed by atoms with Gasteiger partial charge in [-0.25, -0.2) is 4.98 Å². The second-order valence-corrected chi connectivity index (χ2v) is 8.87. The highest BCUT2D eigenvalue weighted by molar-refractivity contribution is 6.31. The lowest BCUT2D eigenvalue weighted by molar-refractivity contribution is -0.105. The van der Waals surface area contributed by atoms with E-state index < -0.39 is 0 Å². The summed E-state index contributed by atoms with van der Waals surface area (Å²) in [6.45, 7) is 0. The van der Waals surface area contributed by atoms with E-state index >= 15 is 0 Å². The number of nitrogens with one attached hydrogen (secondary N) is 2. The van der Waals surface area contributed by atoms with E-state index in [1.807, 2.05) is 42.5 Å². The van der Waals surface area contributed by atoms with Crippen molar-refractivity contribution in [1.82, 2.24) is 34.7 Å². The van der Waals surface area contributed by atoms with E-state index in [0.29, 0.717) is 17.1 Å². The number of amides is 1. The number of pyridine rings is 1.